The van der Waals surface area contributed by atoms with Crippen molar-refractivity contribution in [1.82, 2.24) is 5.43 Å². The van der Waals surface area contributed by atoms with Crippen LogP contribution in [0.4, 0.5) is 0 Å². The SMILES string of the molecule is COc1ccc(COC(C(=O)NN)C(C)C)cc1. The molecule has 0 heterocycles. The van der Waals surface area contributed by atoms with E-state index in [1.165, 1.54) is 0 Å². The van der Waals surface area contributed by atoms with E-state index in [-0.39, 0.29) is 11.8 Å². The number of methoxy groups -OCH3 is 1. The van der Waals surface area contributed by atoms with Gasteiger partial charge in [0.25, 0.3) is 5.91 Å². The maximum absolute atomic E-state index is 11.5. The van der Waals surface area contributed by atoms with Crippen molar-refractivity contribution < 1.29 is 14.3 Å². The Kier molecular flexibility index (Phi) is 5.61. The van der Waals surface area contributed by atoms with Crippen molar-refractivity contribution in [2.45, 2.75) is 26.6 Å². The van der Waals surface area contributed by atoms with Gasteiger partial charge in [-0.25, -0.2) is 5.84 Å². The van der Waals surface area contributed by atoms with Crippen molar-refractivity contribution in [1.29, 1.82) is 0 Å². The summed E-state index contributed by atoms with van der Waals surface area (Å²) in [5.74, 6) is 5.67. The smallest absolute Gasteiger partial charge is 0.263 e. The number of hydrazine groups is 1. The predicted molar refractivity (Wildman–Crippen MR) is 68.7 cm³/mol. The molecule has 1 aromatic carbocycles. The minimum Gasteiger partial charge on any atom is -0.497 e. The van der Waals surface area contributed by atoms with Gasteiger partial charge in [0, 0.05) is 0 Å². The van der Waals surface area contributed by atoms with Crippen LogP contribution >= 0.6 is 0 Å². The molecule has 0 aromatic heterocycles. The van der Waals surface area contributed by atoms with Crippen LogP contribution in [-0.4, -0.2) is 19.1 Å². The first-order chi connectivity index (χ1) is 8.58. The largest absolute Gasteiger partial charge is 0.497 e. The van der Waals surface area contributed by atoms with E-state index in [4.69, 9.17) is 15.3 Å². The van der Waals surface area contributed by atoms with E-state index in [2.05, 4.69) is 5.43 Å². The lowest BCUT2D eigenvalue weighted by Gasteiger charge is -2.19. The van der Waals surface area contributed by atoms with Crippen LogP contribution in [0.2, 0.25) is 0 Å². The number of hydrogen-bond donors (Lipinski definition) is 2. The topological polar surface area (TPSA) is 73.6 Å². The average Bonchev–Trinajstić information content (AvgIpc) is 2.39. The third-order valence-electron chi connectivity index (χ3n) is 2.59. The number of amides is 1. The third kappa shape index (κ3) is 4.01. The monoisotopic (exact) mass is 252 g/mol. The molecule has 3 N–H and O–H groups in total. The number of nitrogens with one attached hydrogen (secondary N) is 1. The van der Waals surface area contributed by atoms with Crippen molar-refractivity contribution in [3.63, 3.8) is 0 Å². The molecular weight excluding hydrogens is 232 g/mol. The molecule has 1 aromatic rings. The van der Waals surface area contributed by atoms with E-state index in [0.29, 0.717) is 6.61 Å². The molecule has 0 bridgehead atoms. The van der Waals surface area contributed by atoms with Gasteiger partial charge in [-0.15, -0.1) is 0 Å². The molecule has 0 aliphatic rings. The molecule has 18 heavy (non-hydrogen) atoms. The maximum Gasteiger partial charge on any atom is 0.263 e. The van der Waals surface area contributed by atoms with Crippen molar-refractivity contribution in [2.75, 3.05) is 7.11 Å². The Morgan fingerprint density at radius 2 is 1.94 bits per heavy atom. The second kappa shape index (κ2) is 6.98. The number of hydrogen-bond acceptors (Lipinski definition) is 4. The zero-order valence-electron chi connectivity index (χ0n) is 11.0. The Bertz CT molecular complexity index is 376. The Morgan fingerprint density at radius 1 is 1.33 bits per heavy atom. The fraction of sp³-hybridized carbons (Fsp3) is 0.462. The first-order valence-electron chi connectivity index (χ1n) is 5.83. The van der Waals surface area contributed by atoms with Gasteiger partial charge in [0.1, 0.15) is 11.9 Å². The predicted octanol–water partition coefficient (Wildman–Crippen LogP) is 1.23. The standard InChI is InChI=1S/C13H20N2O3/c1-9(2)12(13(16)15-14)18-8-10-4-6-11(17-3)7-5-10/h4-7,9,12H,8,14H2,1-3H3,(H,15,16). The van der Waals surface area contributed by atoms with Gasteiger partial charge in [-0.1, -0.05) is 26.0 Å². The van der Waals surface area contributed by atoms with Crippen LogP contribution in [0, 0.1) is 5.92 Å². The summed E-state index contributed by atoms with van der Waals surface area (Å²) in [4.78, 5) is 11.5. The number of rotatable bonds is 6. The molecule has 1 rings (SSSR count). The summed E-state index contributed by atoms with van der Waals surface area (Å²) in [7, 11) is 1.62. The summed E-state index contributed by atoms with van der Waals surface area (Å²) in [6.07, 6.45) is -0.544. The van der Waals surface area contributed by atoms with Gasteiger partial charge in [0.05, 0.1) is 13.7 Å². The highest BCUT2D eigenvalue weighted by Crippen LogP contribution is 2.14. The second-order valence-corrected chi connectivity index (χ2v) is 4.33. The van der Waals surface area contributed by atoms with Gasteiger partial charge >= 0.3 is 0 Å². The highest BCUT2D eigenvalue weighted by atomic mass is 16.5. The second-order valence-electron chi connectivity index (χ2n) is 4.33. The van der Waals surface area contributed by atoms with Gasteiger partial charge in [0.2, 0.25) is 0 Å². The van der Waals surface area contributed by atoms with Crippen LogP contribution in [0.1, 0.15) is 19.4 Å². The van der Waals surface area contributed by atoms with Gasteiger partial charge < -0.3 is 9.47 Å². The summed E-state index contributed by atoms with van der Waals surface area (Å²) < 4.78 is 10.7. The summed E-state index contributed by atoms with van der Waals surface area (Å²) in [6, 6.07) is 7.51. The summed E-state index contributed by atoms with van der Waals surface area (Å²) >= 11 is 0. The highest BCUT2D eigenvalue weighted by molar-refractivity contribution is 5.80. The first kappa shape index (κ1) is 14.5. The van der Waals surface area contributed by atoms with Crippen molar-refractivity contribution in [2.24, 2.45) is 11.8 Å². The molecule has 1 amide bonds. The molecule has 0 radical (unpaired) electrons. The molecule has 0 aliphatic heterocycles. The quantitative estimate of drug-likeness (QED) is 0.453. The Labute approximate surface area is 107 Å². The molecule has 1 unspecified atom stereocenters. The number of carbonyl (C=O) groups excluding carboxylic acids is 1. The van der Waals surface area contributed by atoms with Gasteiger partial charge in [-0.3, -0.25) is 10.2 Å². The molecular formula is C13H20N2O3. The fourth-order valence-electron chi connectivity index (χ4n) is 1.56. The number of nitrogens with two attached hydrogens (primary N) is 1. The Morgan fingerprint density at radius 3 is 2.39 bits per heavy atom. The molecule has 1 atom stereocenters. The van der Waals surface area contributed by atoms with E-state index in [1.54, 1.807) is 7.11 Å². The normalized spacial score (nSPS) is 12.3. The summed E-state index contributed by atoms with van der Waals surface area (Å²) in [5, 5.41) is 0. The Hall–Kier alpha value is -1.59. The highest BCUT2D eigenvalue weighted by Gasteiger charge is 2.21. The van der Waals surface area contributed by atoms with Crippen LogP contribution in [-0.2, 0) is 16.1 Å². The van der Waals surface area contributed by atoms with Gasteiger partial charge in [0.15, 0.2) is 0 Å². The molecule has 0 fully saturated rings. The maximum atomic E-state index is 11.5. The fourth-order valence-corrected chi connectivity index (χ4v) is 1.56. The number of carbonyl (C=O) groups is 1. The van der Waals surface area contributed by atoms with E-state index >= 15 is 0 Å². The van der Waals surface area contributed by atoms with Crippen molar-refractivity contribution in [3.05, 3.63) is 29.8 Å². The molecule has 0 aliphatic carbocycles. The first-order valence-corrected chi connectivity index (χ1v) is 5.83. The lowest BCUT2D eigenvalue weighted by molar-refractivity contribution is -0.136. The molecule has 0 saturated carbocycles. The van der Waals surface area contributed by atoms with E-state index in [1.807, 2.05) is 38.1 Å². The zero-order valence-corrected chi connectivity index (χ0v) is 11.0. The van der Waals surface area contributed by atoms with E-state index < -0.39 is 6.10 Å². The number of benzene rings is 1. The number of ether oxygens (including phenoxy) is 2. The summed E-state index contributed by atoms with van der Waals surface area (Å²) in [6.45, 7) is 4.18. The minimum atomic E-state index is -0.544. The van der Waals surface area contributed by atoms with Crippen molar-refractivity contribution in [3.8, 4) is 5.75 Å². The van der Waals surface area contributed by atoms with E-state index in [9.17, 15) is 4.79 Å². The third-order valence-corrected chi connectivity index (χ3v) is 2.59. The summed E-state index contributed by atoms with van der Waals surface area (Å²) in [5.41, 5.74) is 3.10. The van der Waals surface area contributed by atoms with E-state index in [0.717, 1.165) is 11.3 Å². The molecule has 5 heteroatoms. The van der Waals surface area contributed by atoms with Gasteiger partial charge in [-0.2, -0.15) is 0 Å². The average molecular weight is 252 g/mol. The van der Waals surface area contributed by atoms with Crippen LogP contribution in [0.25, 0.3) is 0 Å². The molecule has 0 spiro atoms. The zero-order chi connectivity index (χ0) is 13.5. The molecule has 5 nitrogen and oxygen atoms in total. The lowest BCUT2D eigenvalue weighted by atomic mass is 10.1. The lowest BCUT2D eigenvalue weighted by Crippen LogP contribution is -2.43. The molecule has 0 saturated heterocycles. The van der Waals surface area contributed by atoms with Crippen molar-refractivity contribution >= 4 is 5.91 Å². The van der Waals surface area contributed by atoms with Crippen LogP contribution in [0.3, 0.4) is 0 Å². The van der Waals surface area contributed by atoms with Crippen LogP contribution in [0.15, 0.2) is 24.3 Å². The Balaban J connectivity index is 2.58. The molecule has 100 valence electrons. The minimum absolute atomic E-state index is 0.0619. The van der Waals surface area contributed by atoms with Crippen LogP contribution < -0.4 is 16.0 Å². The van der Waals surface area contributed by atoms with Crippen LogP contribution in [0.5, 0.6) is 5.75 Å². The van der Waals surface area contributed by atoms with Gasteiger partial charge in [-0.05, 0) is 23.6 Å².